The zero-order chi connectivity index (χ0) is 27.7. The van der Waals surface area contributed by atoms with Crippen LogP contribution in [0.3, 0.4) is 0 Å². The maximum Gasteiger partial charge on any atom is 0.261 e. The summed E-state index contributed by atoms with van der Waals surface area (Å²) in [5, 5.41) is 2.86. The average Bonchev–Trinajstić information content (AvgIpc) is 2.90. The van der Waals surface area contributed by atoms with Crippen molar-refractivity contribution in [1.82, 2.24) is 10.2 Å². The number of carbonyl (C=O) groups is 2. The molecular formula is C28H32FN3O5S. The Morgan fingerprint density at radius 3 is 2.16 bits per heavy atom. The van der Waals surface area contributed by atoms with Crippen LogP contribution in [-0.2, 0) is 26.2 Å². The molecule has 0 fully saturated rings. The third-order valence-electron chi connectivity index (χ3n) is 5.64. The maximum atomic E-state index is 13.1. The highest BCUT2D eigenvalue weighted by Gasteiger charge is 2.26. The number of sulfonamides is 1. The molecule has 2 N–H and O–H groups in total. The third-order valence-corrected chi connectivity index (χ3v) is 7.04. The number of benzene rings is 3. The SMILES string of the molecule is CC(C)CNC(=O)[C@H](C)N(Cc1ccccc1)C(=O)COc1ccc(S(=O)(=O)Nc2ccc(F)cc2)cc1. The van der Waals surface area contributed by atoms with Gasteiger partial charge in [0.15, 0.2) is 6.61 Å². The molecule has 38 heavy (non-hydrogen) atoms. The smallest absolute Gasteiger partial charge is 0.261 e. The number of nitrogens with one attached hydrogen (secondary N) is 2. The fraction of sp³-hybridized carbons (Fsp3) is 0.286. The third kappa shape index (κ3) is 8.31. The van der Waals surface area contributed by atoms with E-state index in [1.54, 1.807) is 6.92 Å². The number of rotatable bonds is 12. The van der Waals surface area contributed by atoms with Crippen LogP contribution in [-0.4, -0.2) is 44.3 Å². The summed E-state index contributed by atoms with van der Waals surface area (Å²) in [6.07, 6.45) is 0. The Bertz CT molecular complexity index is 1310. The van der Waals surface area contributed by atoms with E-state index in [4.69, 9.17) is 4.74 Å². The van der Waals surface area contributed by atoms with Gasteiger partial charge in [0, 0.05) is 18.8 Å². The normalized spacial score (nSPS) is 12.0. The molecule has 0 unspecified atom stereocenters. The zero-order valence-corrected chi connectivity index (χ0v) is 22.4. The number of hydrogen-bond acceptors (Lipinski definition) is 5. The number of anilines is 1. The molecule has 1 atom stereocenters. The molecule has 3 aromatic carbocycles. The van der Waals surface area contributed by atoms with E-state index in [1.165, 1.54) is 41.3 Å². The molecule has 0 saturated carbocycles. The van der Waals surface area contributed by atoms with Gasteiger partial charge in [-0.05, 0) is 66.9 Å². The molecule has 0 heterocycles. The molecule has 0 aliphatic carbocycles. The van der Waals surface area contributed by atoms with Crippen molar-refractivity contribution < 1.29 is 27.1 Å². The van der Waals surface area contributed by atoms with E-state index in [9.17, 15) is 22.4 Å². The molecule has 0 aliphatic rings. The Hall–Kier alpha value is -3.92. The summed E-state index contributed by atoms with van der Waals surface area (Å²) >= 11 is 0. The largest absolute Gasteiger partial charge is 0.484 e. The van der Waals surface area contributed by atoms with Gasteiger partial charge in [0.25, 0.3) is 15.9 Å². The maximum absolute atomic E-state index is 13.1. The van der Waals surface area contributed by atoms with E-state index in [0.717, 1.165) is 17.7 Å². The Balaban J connectivity index is 1.66. The van der Waals surface area contributed by atoms with E-state index in [0.29, 0.717) is 6.54 Å². The van der Waals surface area contributed by atoms with Crippen LogP contribution < -0.4 is 14.8 Å². The Morgan fingerprint density at radius 2 is 1.55 bits per heavy atom. The predicted octanol–water partition coefficient (Wildman–Crippen LogP) is 4.19. The molecule has 202 valence electrons. The second-order valence-corrected chi connectivity index (χ2v) is 10.9. The summed E-state index contributed by atoms with van der Waals surface area (Å²) in [5.41, 5.74) is 1.09. The molecule has 0 radical (unpaired) electrons. The van der Waals surface area contributed by atoms with Crippen LogP contribution in [0.15, 0.2) is 83.8 Å². The number of nitrogens with zero attached hydrogens (tertiary/aromatic N) is 1. The minimum absolute atomic E-state index is 0.0262. The first-order valence-corrected chi connectivity index (χ1v) is 13.7. The van der Waals surface area contributed by atoms with Crippen molar-refractivity contribution in [3.8, 4) is 5.75 Å². The lowest BCUT2D eigenvalue weighted by Gasteiger charge is -2.29. The minimum Gasteiger partial charge on any atom is -0.484 e. The number of hydrogen-bond donors (Lipinski definition) is 2. The molecule has 0 aliphatic heterocycles. The lowest BCUT2D eigenvalue weighted by Crippen LogP contribution is -2.49. The van der Waals surface area contributed by atoms with Crippen molar-refractivity contribution in [3.63, 3.8) is 0 Å². The fourth-order valence-corrected chi connectivity index (χ4v) is 4.55. The van der Waals surface area contributed by atoms with Crippen molar-refractivity contribution >= 4 is 27.5 Å². The first-order chi connectivity index (χ1) is 18.0. The van der Waals surface area contributed by atoms with Gasteiger partial charge in [0.2, 0.25) is 5.91 Å². The van der Waals surface area contributed by atoms with Crippen LogP contribution in [0.25, 0.3) is 0 Å². The Morgan fingerprint density at radius 1 is 0.921 bits per heavy atom. The molecule has 3 aromatic rings. The molecule has 2 amide bonds. The molecule has 0 aromatic heterocycles. The molecule has 0 saturated heterocycles. The summed E-state index contributed by atoms with van der Waals surface area (Å²) < 4.78 is 46.3. The van der Waals surface area contributed by atoms with Gasteiger partial charge in [-0.2, -0.15) is 0 Å². The Labute approximate surface area is 222 Å². The van der Waals surface area contributed by atoms with Gasteiger partial charge < -0.3 is 15.0 Å². The van der Waals surface area contributed by atoms with Gasteiger partial charge in [-0.15, -0.1) is 0 Å². The number of amides is 2. The quantitative estimate of drug-likeness (QED) is 0.358. The van der Waals surface area contributed by atoms with Crippen LogP contribution in [0.5, 0.6) is 5.75 Å². The topological polar surface area (TPSA) is 105 Å². The fourth-order valence-electron chi connectivity index (χ4n) is 3.49. The first-order valence-electron chi connectivity index (χ1n) is 12.2. The summed E-state index contributed by atoms with van der Waals surface area (Å²) in [6, 6.07) is 19.1. The number of halogens is 1. The van der Waals surface area contributed by atoms with Crippen molar-refractivity contribution in [2.75, 3.05) is 17.9 Å². The van der Waals surface area contributed by atoms with Gasteiger partial charge in [-0.3, -0.25) is 14.3 Å². The van der Waals surface area contributed by atoms with E-state index >= 15 is 0 Å². The highest BCUT2D eigenvalue weighted by Crippen LogP contribution is 2.20. The summed E-state index contributed by atoms with van der Waals surface area (Å²) in [7, 11) is -3.90. The molecule has 8 nitrogen and oxygen atoms in total. The molecular weight excluding hydrogens is 509 g/mol. The van der Waals surface area contributed by atoms with Gasteiger partial charge in [-0.25, -0.2) is 12.8 Å². The lowest BCUT2D eigenvalue weighted by molar-refractivity contribution is -0.142. The van der Waals surface area contributed by atoms with E-state index < -0.39 is 27.8 Å². The van der Waals surface area contributed by atoms with Crippen LogP contribution in [0.4, 0.5) is 10.1 Å². The van der Waals surface area contributed by atoms with Crippen LogP contribution >= 0.6 is 0 Å². The van der Waals surface area contributed by atoms with Crippen molar-refractivity contribution in [1.29, 1.82) is 0 Å². The lowest BCUT2D eigenvalue weighted by atomic mass is 10.1. The van der Waals surface area contributed by atoms with Crippen LogP contribution in [0.2, 0.25) is 0 Å². The highest BCUT2D eigenvalue weighted by atomic mass is 32.2. The number of ether oxygens (including phenoxy) is 1. The summed E-state index contributed by atoms with van der Waals surface area (Å²) in [5.74, 6) is -0.570. The highest BCUT2D eigenvalue weighted by molar-refractivity contribution is 7.92. The van der Waals surface area contributed by atoms with Crippen molar-refractivity contribution in [2.24, 2.45) is 5.92 Å². The molecule has 0 spiro atoms. The minimum atomic E-state index is -3.90. The first kappa shape index (κ1) is 28.6. The van der Waals surface area contributed by atoms with Gasteiger partial charge in [0.1, 0.15) is 17.6 Å². The second kappa shape index (κ2) is 13.0. The summed E-state index contributed by atoms with van der Waals surface area (Å²) in [6.45, 7) is 6.03. The average molecular weight is 542 g/mol. The molecule has 3 rings (SSSR count). The zero-order valence-electron chi connectivity index (χ0n) is 21.6. The van der Waals surface area contributed by atoms with Gasteiger partial charge in [-0.1, -0.05) is 44.2 Å². The number of carbonyl (C=O) groups excluding carboxylic acids is 2. The standard InChI is InChI=1S/C28H32FN3O5S/c1-20(2)17-30-28(34)21(3)32(18-22-7-5-4-6-8-22)27(33)19-37-25-13-15-26(16-14-25)38(35,36)31-24-11-9-23(29)10-12-24/h4-16,20-21,31H,17-19H2,1-3H3,(H,30,34)/t21-/m0/s1. The monoisotopic (exact) mass is 541 g/mol. The van der Waals surface area contributed by atoms with Gasteiger partial charge in [0.05, 0.1) is 4.90 Å². The summed E-state index contributed by atoms with van der Waals surface area (Å²) in [4.78, 5) is 27.3. The Kier molecular flexibility index (Phi) is 9.84. The van der Waals surface area contributed by atoms with Gasteiger partial charge >= 0.3 is 0 Å². The van der Waals surface area contributed by atoms with E-state index in [-0.39, 0.29) is 41.3 Å². The van der Waals surface area contributed by atoms with Crippen LogP contribution in [0.1, 0.15) is 26.3 Å². The second-order valence-electron chi connectivity index (χ2n) is 9.19. The van der Waals surface area contributed by atoms with Crippen molar-refractivity contribution in [3.05, 3.63) is 90.2 Å². The van der Waals surface area contributed by atoms with E-state index in [2.05, 4.69) is 10.0 Å². The molecule has 0 bridgehead atoms. The van der Waals surface area contributed by atoms with Crippen LogP contribution in [0, 0.1) is 11.7 Å². The predicted molar refractivity (Wildman–Crippen MR) is 143 cm³/mol. The van der Waals surface area contributed by atoms with Crippen molar-refractivity contribution in [2.45, 2.75) is 38.3 Å². The molecule has 10 heteroatoms. The van der Waals surface area contributed by atoms with E-state index in [1.807, 2.05) is 44.2 Å².